The molecule has 0 radical (unpaired) electrons. The molecule has 1 aliphatic heterocycles. The van der Waals surface area contributed by atoms with Gasteiger partial charge in [-0.25, -0.2) is 4.68 Å². The van der Waals surface area contributed by atoms with Crippen LogP contribution in [0.25, 0.3) is 11.3 Å². The van der Waals surface area contributed by atoms with E-state index in [0.717, 1.165) is 40.0 Å². The highest BCUT2D eigenvalue weighted by molar-refractivity contribution is 9.10. The molecule has 0 N–H and O–H groups in total. The molecule has 0 unspecified atom stereocenters. The van der Waals surface area contributed by atoms with Crippen LogP contribution in [0.4, 0.5) is 0 Å². The van der Waals surface area contributed by atoms with E-state index in [1.165, 1.54) is 6.42 Å². The number of nitrogens with zero attached hydrogens (tertiary/aromatic N) is 5. The average molecular weight is 428 g/mol. The highest BCUT2D eigenvalue weighted by Gasteiger charge is 2.45. The summed E-state index contributed by atoms with van der Waals surface area (Å²) < 4.78 is 14.2. The summed E-state index contributed by atoms with van der Waals surface area (Å²) in [5.74, 6) is 0.781. The molecule has 0 atom stereocenters. The molecule has 2 aliphatic rings. The second kappa shape index (κ2) is 6.69. The van der Waals surface area contributed by atoms with Crippen molar-refractivity contribution in [2.24, 2.45) is 0 Å². The Hall–Kier alpha value is -2.32. The van der Waals surface area contributed by atoms with Crippen molar-refractivity contribution < 1.29 is 9.47 Å². The summed E-state index contributed by atoms with van der Waals surface area (Å²) in [6.07, 6.45) is 11.0. The lowest BCUT2D eigenvalue weighted by Gasteiger charge is -2.40. The van der Waals surface area contributed by atoms with Gasteiger partial charge in [0.2, 0.25) is 0 Å². The summed E-state index contributed by atoms with van der Waals surface area (Å²) in [6, 6.07) is 5.94. The summed E-state index contributed by atoms with van der Waals surface area (Å²) >= 11 is 3.43. The van der Waals surface area contributed by atoms with Crippen molar-refractivity contribution in [1.82, 2.24) is 25.0 Å². The fraction of sp³-hybridized carbons (Fsp3) is 0.368. The number of rotatable bonds is 5. The maximum absolute atomic E-state index is 5.95. The largest absolute Gasteiger partial charge is 0.489 e. The van der Waals surface area contributed by atoms with Gasteiger partial charge in [-0.15, -0.1) is 5.10 Å². The van der Waals surface area contributed by atoms with E-state index in [1.807, 2.05) is 29.1 Å². The summed E-state index contributed by atoms with van der Waals surface area (Å²) in [6.45, 7) is 1.04. The van der Waals surface area contributed by atoms with E-state index in [9.17, 15) is 0 Å². The monoisotopic (exact) mass is 427 g/mol. The van der Waals surface area contributed by atoms with Gasteiger partial charge in [-0.2, -0.15) is 0 Å². The SMILES string of the molecule is Brc1ccc(C2(n3cc(-c4cncc(OC5CCC5)c4)nn3)COC2)nc1. The second-order valence-electron chi connectivity index (χ2n) is 7.01. The minimum absolute atomic E-state index is 0.316. The minimum atomic E-state index is -0.417. The van der Waals surface area contributed by atoms with Crippen LogP contribution in [0.15, 0.2) is 47.5 Å². The Morgan fingerprint density at radius 3 is 2.74 bits per heavy atom. The zero-order chi connectivity index (χ0) is 18.3. The molecule has 7 nitrogen and oxygen atoms in total. The molecule has 0 amide bonds. The van der Waals surface area contributed by atoms with Gasteiger partial charge in [0.25, 0.3) is 0 Å². The normalized spacial score (nSPS) is 18.6. The van der Waals surface area contributed by atoms with Crippen LogP contribution in [0.3, 0.4) is 0 Å². The third kappa shape index (κ3) is 3.02. The Morgan fingerprint density at radius 2 is 2.07 bits per heavy atom. The van der Waals surface area contributed by atoms with Gasteiger partial charge < -0.3 is 9.47 Å². The zero-order valence-electron chi connectivity index (χ0n) is 14.6. The number of halogens is 1. The molecule has 4 heterocycles. The number of hydrogen-bond acceptors (Lipinski definition) is 6. The predicted molar refractivity (Wildman–Crippen MR) is 101 cm³/mol. The van der Waals surface area contributed by atoms with Crippen LogP contribution >= 0.6 is 15.9 Å². The van der Waals surface area contributed by atoms with Crippen molar-refractivity contribution in [2.75, 3.05) is 13.2 Å². The lowest BCUT2D eigenvalue weighted by atomic mass is 9.92. The van der Waals surface area contributed by atoms with E-state index < -0.39 is 5.54 Å². The maximum Gasteiger partial charge on any atom is 0.152 e. The summed E-state index contributed by atoms with van der Waals surface area (Å²) in [7, 11) is 0. The van der Waals surface area contributed by atoms with Crippen LogP contribution in [0, 0.1) is 0 Å². The number of aromatic nitrogens is 5. The van der Waals surface area contributed by atoms with Crippen molar-refractivity contribution in [3.05, 3.63) is 53.2 Å². The zero-order valence-corrected chi connectivity index (χ0v) is 16.2. The number of hydrogen-bond donors (Lipinski definition) is 0. The lowest BCUT2D eigenvalue weighted by Crippen LogP contribution is -2.53. The molecule has 2 fully saturated rings. The Labute approximate surface area is 164 Å². The standard InChI is InChI=1S/C19H18BrN5O2/c20-14-4-5-18(22-8-14)19(11-26-12-19)25-10-17(23-24-25)13-6-16(9-21-7-13)27-15-2-1-3-15/h4-10,15H,1-3,11-12H2. The third-order valence-corrected chi connectivity index (χ3v) is 5.65. The molecule has 1 saturated carbocycles. The number of pyridine rings is 2. The molecule has 3 aromatic rings. The topological polar surface area (TPSA) is 75.0 Å². The van der Waals surface area contributed by atoms with Crippen molar-refractivity contribution in [2.45, 2.75) is 30.9 Å². The summed E-state index contributed by atoms with van der Waals surface area (Å²) in [5, 5.41) is 8.73. The molecule has 5 rings (SSSR count). The molecule has 8 heteroatoms. The first-order valence-corrected chi connectivity index (χ1v) is 9.77. The quantitative estimate of drug-likeness (QED) is 0.622. The highest BCUT2D eigenvalue weighted by atomic mass is 79.9. The van der Waals surface area contributed by atoms with E-state index in [4.69, 9.17) is 9.47 Å². The third-order valence-electron chi connectivity index (χ3n) is 5.18. The first-order chi connectivity index (χ1) is 13.2. The van der Waals surface area contributed by atoms with Crippen molar-refractivity contribution >= 4 is 15.9 Å². The second-order valence-corrected chi connectivity index (χ2v) is 7.93. The summed E-state index contributed by atoms with van der Waals surface area (Å²) in [4.78, 5) is 8.85. The fourth-order valence-electron chi connectivity index (χ4n) is 3.25. The molecule has 1 saturated heterocycles. The van der Waals surface area contributed by atoms with Crippen LogP contribution in [0.2, 0.25) is 0 Å². The Bertz CT molecular complexity index is 951. The minimum Gasteiger partial charge on any atom is -0.489 e. The molecule has 0 spiro atoms. The highest BCUT2D eigenvalue weighted by Crippen LogP contribution is 2.34. The van der Waals surface area contributed by atoms with Crippen LogP contribution < -0.4 is 4.74 Å². The molecule has 138 valence electrons. The molecule has 3 aromatic heterocycles. The smallest absolute Gasteiger partial charge is 0.152 e. The Morgan fingerprint density at radius 1 is 1.19 bits per heavy atom. The Balaban J connectivity index is 1.44. The van der Waals surface area contributed by atoms with Crippen LogP contribution in [0.1, 0.15) is 25.0 Å². The van der Waals surface area contributed by atoms with E-state index in [0.29, 0.717) is 19.3 Å². The van der Waals surface area contributed by atoms with Gasteiger partial charge in [0.05, 0.1) is 37.4 Å². The number of ether oxygens (including phenoxy) is 2. The van der Waals surface area contributed by atoms with E-state index in [1.54, 1.807) is 18.6 Å². The van der Waals surface area contributed by atoms with Crippen LogP contribution in [-0.2, 0) is 10.3 Å². The van der Waals surface area contributed by atoms with Gasteiger partial charge in [0.15, 0.2) is 5.54 Å². The molecule has 0 bridgehead atoms. The van der Waals surface area contributed by atoms with Gasteiger partial charge >= 0.3 is 0 Å². The summed E-state index contributed by atoms with van der Waals surface area (Å²) in [5.41, 5.74) is 2.13. The average Bonchev–Trinajstić information content (AvgIpc) is 3.09. The van der Waals surface area contributed by atoms with Gasteiger partial charge in [-0.05, 0) is 53.4 Å². The van der Waals surface area contributed by atoms with Crippen LogP contribution in [-0.4, -0.2) is 44.3 Å². The molecule has 0 aromatic carbocycles. The van der Waals surface area contributed by atoms with Crippen molar-refractivity contribution in [1.29, 1.82) is 0 Å². The first kappa shape index (κ1) is 16.8. The molecular formula is C19H18BrN5O2. The van der Waals surface area contributed by atoms with Gasteiger partial charge in [0.1, 0.15) is 11.4 Å². The Kier molecular flexibility index (Phi) is 4.17. The van der Waals surface area contributed by atoms with E-state index >= 15 is 0 Å². The lowest BCUT2D eigenvalue weighted by molar-refractivity contribution is -0.0851. The molecule has 27 heavy (non-hydrogen) atoms. The van der Waals surface area contributed by atoms with Crippen LogP contribution in [0.5, 0.6) is 5.75 Å². The van der Waals surface area contributed by atoms with E-state index in [-0.39, 0.29) is 0 Å². The molecular weight excluding hydrogens is 410 g/mol. The van der Waals surface area contributed by atoms with Gasteiger partial charge in [-0.1, -0.05) is 5.21 Å². The first-order valence-electron chi connectivity index (χ1n) is 8.98. The maximum atomic E-state index is 5.95. The van der Waals surface area contributed by atoms with Crippen molar-refractivity contribution in [3.8, 4) is 17.0 Å². The fourth-order valence-corrected chi connectivity index (χ4v) is 3.49. The van der Waals surface area contributed by atoms with Gasteiger partial charge in [0, 0.05) is 22.4 Å². The predicted octanol–water partition coefficient (Wildman–Crippen LogP) is 3.20. The molecule has 1 aliphatic carbocycles. The van der Waals surface area contributed by atoms with Gasteiger partial charge in [-0.3, -0.25) is 9.97 Å². The van der Waals surface area contributed by atoms with E-state index in [2.05, 4.69) is 36.2 Å². The van der Waals surface area contributed by atoms with Crippen molar-refractivity contribution in [3.63, 3.8) is 0 Å².